The lowest BCUT2D eigenvalue weighted by molar-refractivity contribution is -0.157. The summed E-state index contributed by atoms with van der Waals surface area (Å²) in [7, 11) is 0. The Morgan fingerprint density at radius 1 is 1.25 bits per heavy atom. The van der Waals surface area contributed by atoms with Crippen molar-refractivity contribution in [3.63, 3.8) is 0 Å². The fraction of sp³-hybridized carbons (Fsp3) is 0.800. The molecule has 0 N–H and O–H groups in total. The van der Waals surface area contributed by atoms with Crippen LogP contribution in [-0.2, 0) is 19.1 Å². The summed E-state index contributed by atoms with van der Waals surface area (Å²) in [6.45, 7) is 8.17. The van der Waals surface area contributed by atoms with Crippen molar-refractivity contribution in [2.24, 2.45) is 11.3 Å². The first-order valence-electron chi connectivity index (χ1n) is 9.43. The van der Waals surface area contributed by atoms with E-state index >= 15 is 0 Å². The van der Waals surface area contributed by atoms with Crippen LogP contribution in [0.15, 0.2) is 12.2 Å². The third-order valence-electron chi connectivity index (χ3n) is 4.49. The first-order chi connectivity index (χ1) is 11.4. The molecule has 1 saturated heterocycles. The number of hydrogen-bond acceptors (Lipinski definition) is 4. The summed E-state index contributed by atoms with van der Waals surface area (Å²) < 4.78 is 10.7. The first-order valence-corrected chi connectivity index (χ1v) is 9.43. The number of hydrogen-bond donors (Lipinski definition) is 0. The van der Waals surface area contributed by atoms with Gasteiger partial charge in [0.2, 0.25) is 0 Å². The summed E-state index contributed by atoms with van der Waals surface area (Å²) in [6, 6.07) is 0. The smallest absolute Gasteiger partial charge is 0.312 e. The summed E-state index contributed by atoms with van der Waals surface area (Å²) in [6.07, 6.45) is 11.7. The van der Waals surface area contributed by atoms with E-state index in [9.17, 15) is 9.59 Å². The minimum absolute atomic E-state index is 0.0420. The third-order valence-corrected chi connectivity index (χ3v) is 4.49. The topological polar surface area (TPSA) is 52.6 Å². The van der Waals surface area contributed by atoms with Crippen LogP contribution >= 0.6 is 0 Å². The Labute approximate surface area is 147 Å². The fourth-order valence-corrected chi connectivity index (χ4v) is 3.00. The van der Waals surface area contributed by atoms with Crippen LogP contribution in [0.5, 0.6) is 0 Å². The van der Waals surface area contributed by atoms with E-state index in [-0.39, 0.29) is 30.6 Å². The Kier molecular flexibility index (Phi) is 9.09. The molecule has 1 aliphatic rings. The average molecular weight is 338 g/mol. The van der Waals surface area contributed by atoms with Crippen LogP contribution in [0.3, 0.4) is 0 Å². The maximum Gasteiger partial charge on any atom is 0.312 e. The zero-order valence-electron chi connectivity index (χ0n) is 15.8. The van der Waals surface area contributed by atoms with E-state index < -0.39 is 5.41 Å². The molecule has 2 unspecified atom stereocenters. The lowest BCUT2D eigenvalue weighted by Gasteiger charge is -2.17. The molecule has 0 aromatic rings. The van der Waals surface area contributed by atoms with Gasteiger partial charge in [-0.3, -0.25) is 9.59 Å². The number of unbranched alkanes of at least 4 members (excludes halogenated alkanes) is 2. The monoisotopic (exact) mass is 338 g/mol. The van der Waals surface area contributed by atoms with Gasteiger partial charge in [0.05, 0.1) is 11.3 Å². The van der Waals surface area contributed by atoms with E-state index in [1.54, 1.807) is 0 Å². The largest absolute Gasteiger partial charge is 0.462 e. The lowest BCUT2D eigenvalue weighted by Crippen LogP contribution is -2.24. The number of esters is 2. The number of carbonyl (C=O) groups is 2. The van der Waals surface area contributed by atoms with E-state index in [1.165, 1.54) is 6.42 Å². The van der Waals surface area contributed by atoms with Gasteiger partial charge >= 0.3 is 11.9 Å². The van der Waals surface area contributed by atoms with Crippen molar-refractivity contribution in [1.29, 1.82) is 0 Å². The molecule has 4 heteroatoms. The van der Waals surface area contributed by atoms with E-state index in [0.29, 0.717) is 6.42 Å². The van der Waals surface area contributed by atoms with Gasteiger partial charge in [-0.2, -0.15) is 0 Å². The van der Waals surface area contributed by atoms with Crippen LogP contribution in [0.1, 0.15) is 79.1 Å². The van der Waals surface area contributed by atoms with E-state index in [0.717, 1.165) is 38.5 Å². The number of ether oxygens (including phenoxy) is 2. The molecule has 0 aliphatic carbocycles. The quantitative estimate of drug-likeness (QED) is 0.308. The lowest BCUT2D eigenvalue weighted by atomic mass is 9.90. The highest BCUT2D eigenvalue weighted by molar-refractivity contribution is 5.78. The van der Waals surface area contributed by atoms with Gasteiger partial charge in [-0.05, 0) is 46.0 Å². The minimum atomic E-state index is -0.468. The average Bonchev–Trinajstić information content (AvgIpc) is 2.80. The zero-order valence-corrected chi connectivity index (χ0v) is 15.8. The van der Waals surface area contributed by atoms with Gasteiger partial charge < -0.3 is 9.47 Å². The molecule has 2 atom stereocenters. The second kappa shape index (κ2) is 10.5. The standard InChI is InChI=1S/C20H34O4/c1-5-7-8-9-10-11-13-16(12-6-2)18(21)23-15-17-14-20(3,4)19(22)24-17/h8-9,16-17H,5-7,10-15H2,1-4H3/b9-8+. The maximum absolute atomic E-state index is 12.3. The van der Waals surface area contributed by atoms with Gasteiger partial charge in [0.15, 0.2) is 0 Å². The van der Waals surface area contributed by atoms with Gasteiger partial charge in [0.1, 0.15) is 12.7 Å². The molecule has 138 valence electrons. The maximum atomic E-state index is 12.3. The highest BCUT2D eigenvalue weighted by Gasteiger charge is 2.42. The Bertz CT molecular complexity index is 425. The molecule has 0 spiro atoms. The molecule has 4 nitrogen and oxygen atoms in total. The summed E-state index contributed by atoms with van der Waals surface area (Å²) in [4.78, 5) is 24.0. The summed E-state index contributed by atoms with van der Waals surface area (Å²) in [5.74, 6) is -0.387. The first kappa shape index (κ1) is 20.7. The molecule has 24 heavy (non-hydrogen) atoms. The number of carbonyl (C=O) groups excluding carboxylic acids is 2. The number of rotatable bonds is 11. The van der Waals surface area contributed by atoms with Crippen molar-refractivity contribution in [2.75, 3.05) is 6.61 Å². The molecule has 0 saturated carbocycles. The highest BCUT2D eigenvalue weighted by atomic mass is 16.6. The van der Waals surface area contributed by atoms with Crippen molar-refractivity contribution in [3.8, 4) is 0 Å². The van der Waals surface area contributed by atoms with Crippen LogP contribution in [0.25, 0.3) is 0 Å². The Hall–Kier alpha value is -1.32. The van der Waals surface area contributed by atoms with Crippen molar-refractivity contribution in [1.82, 2.24) is 0 Å². The minimum Gasteiger partial charge on any atom is -0.462 e. The Balaban J connectivity index is 2.34. The van der Waals surface area contributed by atoms with Gasteiger partial charge in [0, 0.05) is 6.42 Å². The van der Waals surface area contributed by atoms with Crippen molar-refractivity contribution >= 4 is 11.9 Å². The molecule has 0 aromatic heterocycles. The van der Waals surface area contributed by atoms with Crippen molar-refractivity contribution in [2.45, 2.75) is 85.2 Å². The van der Waals surface area contributed by atoms with E-state index in [4.69, 9.17) is 9.47 Å². The Morgan fingerprint density at radius 3 is 2.54 bits per heavy atom. The third kappa shape index (κ3) is 7.06. The molecule has 0 aromatic carbocycles. The molecular weight excluding hydrogens is 304 g/mol. The van der Waals surface area contributed by atoms with Crippen LogP contribution in [-0.4, -0.2) is 24.6 Å². The molecular formula is C20H34O4. The van der Waals surface area contributed by atoms with Gasteiger partial charge in [0.25, 0.3) is 0 Å². The van der Waals surface area contributed by atoms with Crippen molar-refractivity contribution < 1.29 is 19.1 Å². The number of allylic oxidation sites excluding steroid dienone is 2. The second-order valence-corrected chi connectivity index (χ2v) is 7.42. The zero-order chi connectivity index (χ0) is 18.0. The SMILES string of the molecule is CCC/C=C/CCCC(CCC)C(=O)OCC1CC(C)(C)C(=O)O1. The van der Waals surface area contributed by atoms with Crippen LogP contribution in [0.4, 0.5) is 0 Å². The molecule has 0 amide bonds. The predicted octanol–water partition coefficient (Wildman–Crippen LogP) is 4.81. The Morgan fingerprint density at radius 2 is 1.96 bits per heavy atom. The number of cyclic esters (lactones) is 1. The van der Waals surface area contributed by atoms with Gasteiger partial charge in [-0.15, -0.1) is 0 Å². The van der Waals surface area contributed by atoms with Crippen LogP contribution in [0.2, 0.25) is 0 Å². The highest BCUT2D eigenvalue weighted by Crippen LogP contribution is 2.33. The molecule has 0 radical (unpaired) electrons. The molecule has 1 aliphatic heterocycles. The van der Waals surface area contributed by atoms with Gasteiger partial charge in [-0.25, -0.2) is 0 Å². The molecule has 1 rings (SSSR count). The van der Waals surface area contributed by atoms with E-state index in [2.05, 4.69) is 26.0 Å². The second-order valence-electron chi connectivity index (χ2n) is 7.42. The normalized spacial score (nSPS) is 21.0. The molecule has 1 heterocycles. The van der Waals surface area contributed by atoms with E-state index in [1.807, 2.05) is 13.8 Å². The molecule has 0 bridgehead atoms. The predicted molar refractivity (Wildman–Crippen MR) is 95.5 cm³/mol. The summed E-state index contributed by atoms with van der Waals surface area (Å²) in [5.41, 5.74) is -0.468. The fourth-order valence-electron chi connectivity index (χ4n) is 3.00. The summed E-state index contributed by atoms with van der Waals surface area (Å²) in [5, 5.41) is 0. The van der Waals surface area contributed by atoms with Crippen LogP contribution < -0.4 is 0 Å². The summed E-state index contributed by atoms with van der Waals surface area (Å²) >= 11 is 0. The van der Waals surface area contributed by atoms with Gasteiger partial charge in [-0.1, -0.05) is 38.8 Å². The van der Waals surface area contributed by atoms with Crippen molar-refractivity contribution in [3.05, 3.63) is 12.2 Å². The van der Waals surface area contributed by atoms with Crippen LogP contribution in [0, 0.1) is 11.3 Å². The molecule has 1 fully saturated rings.